The van der Waals surface area contributed by atoms with Gasteiger partial charge in [-0.15, -0.1) is 0 Å². The van der Waals surface area contributed by atoms with Crippen LogP contribution in [0.25, 0.3) is 0 Å². The standard InChI is InChI=1S/C10H19NO2/c1-8(7-12)11(13)6-5-9-3-2-4-10(9)11/h8-10,12H,2-7H2,1H3/t8-,9-,10-,11?/m0/s1. The van der Waals surface area contributed by atoms with Gasteiger partial charge < -0.3 is 15.0 Å². The van der Waals surface area contributed by atoms with Gasteiger partial charge in [-0.05, 0) is 19.8 Å². The molecule has 0 aromatic heterocycles. The zero-order valence-corrected chi connectivity index (χ0v) is 8.28. The minimum atomic E-state index is -0.118. The fourth-order valence-electron chi connectivity index (χ4n) is 3.15. The van der Waals surface area contributed by atoms with E-state index in [1.807, 2.05) is 6.92 Å². The molecular formula is C10H19NO2. The van der Waals surface area contributed by atoms with Crippen molar-refractivity contribution < 1.29 is 9.75 Å². The molecule has 1 N–H and O–H groups in total. The van der Waals surface area contributed by atoms with Crippen LogP contribution in [0.2, 0.25) is 0 Å². The van der Waals surface area contributed by atoms with Crippen LogP contribution in [0.5, 0.6) is 0 Å². The molecular weight excluding hydrogens is 166 g/mol. The van der Waals surface area contributed by atoms with Gasteiger partial charge in [0.15, 0.2) is 0 Å². The van der Waals surface area contributed by atoms with Crippen LogP contribution in [0, 0.1) is 11.1 Å². The van der Waals surface area contributed by atoms with Crippen molar-refractivity contribution in [1.82, 2.24) is 0 Å². The molecule has 2 aliphatic rings. The lowest BCUT2D eigenvalue weighted by atomic mass is 10.0. The Morgan fingerprint density at radius 3 is 2.92 bits per heavy atom. The average Bonchev–Trinajstić information content (AvgIpc) is 2.69. The lowest BCUT2D eigenvalue weighted by Crippen LogP contribution is -2.54. The smallest absolute Gasteiger partial charge is 0.109 e. The van der Waals surface area contributed by atoms with Crippen molar-refractivity contribution in [3.63, 3.8) is 0 Å². The maximum absolute atomic E-state index is 12.4. The average molecular weight is 185 g/mol. The van der Waals surface area contributed by atoms with E-state index in [2.05, 4.69) is 0 Å². The molecule has 0 spiro atoms. The first-order valence-corrected chi connectivity index (χ1v) is 5.38. The molecule has 0 radical (unpaired) electrons. The first kappa shape index (κ1) is 9.44. The summed E-state index contributed by atoms with van der Waals surface area (Å²) in [5.41, 5.74) is 0. The molecule has 4 atom stereocenters. The van der Waals surface area contributed by atoms with Crippen molar-refractivity contribution in [3.8, 4) is 0 Å². The maximum Gasteiger partial charge on any atom is 0.109 e. The van der Waals surface area contributed by atoms with E-state index >= 15 is 0 Å². The van der Waals surface area contributed by atoms with E-state index in [1.165, 1.54) is 12.8 Å². The van der Waals surface area contributed by atoms with Gasteiger partial charge in [-0.25, -0.2) is 0 Å². The van der Waals surface area contributed by atoms with Crippen LogP contribution in [0.4, 0.5) is 0 Å². The van der Waals surface area contributed by atoms with Crippen molar-refractivity contribution in [3.05, 3.63) is 5.21 Å². The van der Waals surface area contributed by atoms with Crippen molar-refractivity contribution in [2.75, 3.05) is 13.2 Å². The molecule has 1 unspecified atom stereocenters. The second-order valence-corrected chi connectivity index (χ2v) is 4.66. The number of aliphatic hydroxyl groups excluding tert-OH is 1. The minimum Gasteiger partial charge on any atom is -0.632 e. The molecule has 1 aliphatic carbocycles. The summed E-state index contributed by atoms with van der Waals surface area (Å²) in [6.45, 7) is 2.65. The lowest BCUT2D eigenvalue weighted by Gasteiger charge is -2.48. The van der Waals surface area contributed by atoms with E-state index in [-0.39, 0.29) is 17.3 Å². The predicted molar refractivity (Wildman–Crippen MR) is 50.8 cm³/mol. The second-order valence-electron chi connectivity index (χ2n) is 4.66. The van der Waals surface area contributed by atoms with E-state index in [9.17, 15) is 5.21 Å². The quantitative estimate of drug-likeness (QED) is 0.520. The summed E-state index contributed by atoms with van der Waals surface area (Å²) in [6.07, 6.45) is 4.62. The SMILES string of the molecule is C[C@@H](CO)[N+]1([O-])CC[C@@H]2CCC[C@@H]21. The van der Waals surface area contributed by atoms with Crippen LogP contribution in [0.15, 0.2) is 0 Å². The molecule has 2 fully saturated rings. The molecule has 0 aromatic carbocycles. The van der Waals surface area contributed by atoms with E-state index < -0.39 is 0 Å². The minimum absolute atomic E-state index is 0.0344. The number of fused-ring (bicyclic) bond motifs is 1. The molecule has 76 valence electrons. The number of nitrogens with zero attached hydrogens (tertiary/aromatic N) is 1. The molecule has 1 heterocycles. The summed E-state index contributed by atoms with van der Waals surface area (Å²) in [5, 5.41) is 21.5. The number of hydroxylamine groups is 3. The first-order chi connectivity index (χ1) is 6.18. The largest absolute Gasteiger partial charge is 0.632 e. The zero-order chi connectivity index (χ0) is 9.47. The van der Waals surface area contributed by atoms with Gasteiger partial charge in [-0.1, -0.05) is 0 Å². The summed E-state index contributed by atoms with van der Waals surface area (Å²) < 4.78 is -0.110. The van der Waals surface area contributed by atoms with Gasteiger partial charge in [-0.3, -0.25) is 0 Å². The fraction of sp³-hybridized carbons (Fsp3) is 1.00. The number of aliphatic hydroxyl groups is 1. The summed E-state index contributed by atoms with van der Waals surface area (Å²) in [7, 11) is 0. The molecule has 0 amide bonds. The monoisotopic (exact) mass is 185 g/mol. The zero-order valence-electron chi connectivity index (χ0n) is 8.28. The summed E-state index contributed by atoms with van der Waals surface area (Å²) >= 11 is 0. The summed E-state index contributed by atoms with van der Waals surface area (Å²) in [4.78, 5) is 0. The van der Waals surface area contributed by atoms with Crippen LogP contribution >= 0.6 is 0 Å². The highest BCUT2D eigenvalue weighted by Gasteiger charge is 2.47. The van der Waals surface area contributed by atoms with Gasteiger partial charge >= 0.3 is 0 Å². The third kappa shape index (κ3) is 1.30. The summed E-state index contributed by atoms with van der Waals surface area (Å²) in [6, 6.07) is 0.190. The third-order valence-electron chi connectivity index (χ3n) is 4.04. The van der Waals surface area contributed by atoms with Gasteiger partial charge in [-0.2, -0.15) is 0 Å². The van der Waals surface area contributed by atoms with Crippen LogP contribution in [0.1, 0.15) is 32.6 Å². The fourth-order valence-corrected chi connectivity index (χ4v) is 3.15. The molecule has 0 aromatic rings. The Hall–Kier alpha value is -0.120. The highest BCUT2D eigenvalue weighted by molar-refractivity contribution is 4.85. The van der Waals surface area contributed by atoms with Crippen LogP contribution in [-0.2, 0) is 0 Å². The highest BCUT2D eigenvalue weighted by Crippen LogP contribution is 2.43. The first-order valence-electron chi connectivity index (χ1n) is 5.38. The number of hydrogen-bond donors (Lipinski definition) is 1. The third-order valence-corrected chi connectivity index (χ3v) is 4.04. The van der Waals surface area contributed by atoms with Gasteiger partial charge in [0, 0.05) is 18.8 Å². The van der Waals surface area contributed by atoms with E-state index in [4.69, 9.17) is 5.11 Å². The van der Waals surface area contributed by atoms with E-state index in [0.29, 0.717) is 12.0 Å². The summed E-state index contributed by atoms with van der Waals surface area (Å²) in [5.74, 6) is 0.659. The number of quaternary nitrogens is 1. The lowest BCUT2D eigenvalue weighted by molar-refractivity contribution is -0.916. The second kappa shape index (κ2) is 3.23. The van der Waals surface area contributed by atoms with E-state index in [0.717, 1.165) is 19.4 Å². The Morgan fingerprint density at radius 1 is 1.46 bits per heavy atom. The van der Waals surface area contributed by atoms with Gasteiger partial charge in [0.25, 0.3) is 0 Å². The van der Waals surface area contributed by atoms with E-state index in [1.54, 1.807) is 0 Å². The normalized spacial score (nSPS) is 46.4. The molecule has 1 saturated carbocycles. The molecule has 3 nitrogen and oxygen atoms in total. The highest BCUT2D eigenvalue weighted by atomic mass is 16.6. The van der Waals surface area contributed by atoms with Crippen molar-refractivity contribution >= 4 is 0 Å². The molecule has 2 rings (SSSR count). The Labute approximate surface area is 79.5 Å². The number of hydrogen-bond acceptors (Lipinski definition) is 2. The number of likely N-dealkylation sites (tertiary alicyclic amines) is 1. The number of rotatable bonds is 2. The van der Waals surface area contributed by atoms with Gasteiger partial charge in [0.2, 0.25) is 0 Å². The molecule has 1 saturated heterocycles. The molecule has 13 heavy (non-hydrogen) atoms. The van der Waals surface area contributed by atoms with Crippen molar-refractivity contribution in [2.45, 2.75) is 44.7 Å². The molecule has 3 heteroatoms. The van der Waals surface area contributed by atoms with Gasteiger partial charge in [0.1, 0.15) is 6.04 Å². The van der Waals surface area contributed by atoms with Gasteiger partial charge in [0.05, 0.1) is 19.2 Å². The Bertz CT molecular complexity index is 197. The van der Waals surface area contributed by atoms with Crippen molar-refractivity contribution in [2.24, 2.45) is 5.92 Å². The Kier molecular flexibility index (Phi) is 2.34. The molecule has 0 bridgehead atoms. The predicted octanol–water partition coefficient (Wildman–Crippen LogP) is 1.25. The Morgan fingerprint density at radius 2 is 2.23 bits per heavy atom. The Balaban J connectivity index is 2.14. The van der Waals surface area contributed by atoms with Crippen LogP contribution in [0.3, 0.4) is 0 Å². The van der Waals surface area contributed by atoms with Crippen molar-refractivity contribution in [1.29, 1.82) is 0 Å². The molecule has 1 aliphatic heterocycles. The van der Waals surface area contributed by atoms with Crippen LogP contribution in [-0.4, -0.2) is 35.0 Å². The topological polar surface area (TPSA) is 43.3 Å². The maximum atomic E-state index is 12.4. The van der Waals surface area contributed by atoms with Crippen LogP contribution < -0.4 is 0 Å².